The highest BCUT2D eigenvalue weighted by Gasteiger charge is 2.23. The molecule has 1 aromatic carbocycles. The Morgan fingerprint density at radius 1 is 1.15 bits per heavy atom. The average molecular weight is 457 g/mol. The van der Waals surface area contributed by atoms with E-state index < -0.39 is 10.0 Å². The summed E-state index contributed by atoms with van der Waals surface area (Å²) in [7, 11) is -0.595. The predicted molar refractivity (Wildman–Crippen MR) is 105 cm³/mol. The monoisotopic (exact) mass is 456 g/mol. The summed E-state index contributed by atoms with van der Waals surface area (Å²) in [6.07, 6.45) is 0. The average Bonchev–Trinajstić information content (AvgIpc) is 3.13. The number of aryl methyl sites for hydroxylation is 2. The fraction of sp³-hybridized carbons (Fsp3) is 0.412. The molecule has 0 aliphatic rings. The van der Waals surface area contributed by atoms with Crippen molar-refractivity contribution in [2.24, 2.45) is 14.1 Å². The number of halogens is 1. The van der Waals surface area contributed by atoms with E-state index in [2.05, 4.69) is 25.8 Å². The molecule has 0 radical (unpaired) electrons. The molecule has 0 saturated heterocycles. The van der Waals surface area contributed by atoms with Gasteiger partial charge in [0.15, 0.2) is 5.76 Å². The molecule has 0 unspecified atom stereocenters. The Hall–Kier alpha value is -1.91. The number of sulfonamides is 1. The van der Waals surface area contributed by atoms with E-state index in [-0.39, 0.29) is 22.5 Å². The molecule has 10 heteroatoms. The lowest BCUT2D eigenvalue weighted by Gasteiger charge is -2.12. The quantitative estimate of drug-likeness (QED) is 0.649. The second-order valence-corrected chi connectivity index (χ2v) is 10.0. The van der Waals surface area contributed by atoms with Crippen LogP contribution in [0.3, 0.4) is 0 Å². The Morgan fingerprint density at radius 3 is 2.30 bits per heavy atom. The van der Waals surface area contributed by atoms with Crippen LogP contribution in [0.2, 0.25) is 0 Å². The van der Waals surface area contributed by atoms with E-state index in [0.29, 0.717) is 21.3 Å². The van der Waals surface area contributed by atoms with Gasteiger partial charge in [-0.05, 0) is 28.1 Å². The number of hydrogen-bond donors (Lipinski definition) is 1. The SMILES string of the molecule is Cn1c(=O)n(C)c2cc(S(=O)(=O)NCc3cc(C(C)(C)C)no3)c(Br)cc21. The molecule has 2 heterocycles. The Bertz CT molecular complexity index is 1180. The van der Waals surface area contributed by atoms with Crippen LogP contribution in [0.25, 0.3) is 11.0 Å². The van der Waals surface area contributed by atoms with E-state index >= 15 is 0 Å². The van der Waals surface area contributed by atoms with Gasteiger partial charge in [-0.15, -0.1) is 0 Å². The van der Waals surface area contributed by atoms with Gasteiger partial charge in [-0.25, -0.2) is 17.9 Å². The van der Waals surface area contributed by atoms with E-state index in [1.807, 2.05) is 20.8 Å². The van der Waals surface area contributed by atoms with Crippen LogP contribution in [-0.4, -0.2) is 22.7 Å². The molecule has 2 aromatic heterocycles. The predicted octanol–water partition coefficient (Wildman–Crippen LogP) is 2.40. The summed E-state index contributed by atoms with van der Waals surface area (Å²) >= 11 is 3.30. The third-order valence-electron chi connectivity index (χ3n) is 4.38. The van der Waals surface area contributed by atoms with E-state index in [9.17, 15) is 13.2 Å². The maximum Gasteiger partial charge on any atom is 0.328 e. The molecule has 1 N–H and O–H groups in total. The summed E-state index contributed by atoms with van der Waals surface area (Å²) in [4.78, 5) is 12.1. The Morgan fingerprint density at radius 2 is 1.74 bits per heavy atom. The van der Waals surface area contributed by atoms with Crippen molar-refractivity contribution in [1.29, 1.82) is 0 Å². The number of rotatable bonds is 4. The van der Waals surface area contributed by atoms with Gasteiger partial charge in [-0.3, -0.25) is 9.13 Å². The molecule has 0 atom stereocenters. The topological polar surface area (TPSA) is 99.1 Å². The first-order valence-electron chi connectivity index (χ1n) is 8.22. The van der Waals surface area contributed by atoms with Gasteiger partial charge in [-0.2, -0.15) is 0 Å². The second kappa shape index (κ2) is 6.61. The van der Waals surface area contributed by atoms with E-state index in [4.69, 9.17) is 4.52 Å². The first-order chi connectivity index (χ1) is 12.4. The van der Waals surface area contributed by atoms with Crippen molar-refractivity contribution in [3.8, 4) is 0 Å². The van der Waals surface area contributed by atoms with Crippen LogP contribution in [0, 0.1) is 0 Å². The largest absolute Gasteiger partial charge is 0.360 e. The van der Waals surface area contributed by atoms with E-state index in [0.717, 1.165) is 5.69 Å². The maximum atomic E-state index is 12.8. The molecule has 8 nitrogen and oxygen atoms in total. The second-order valence-electron chi connectivity index (χ2n) is 7.42. The molecule has 0 fully saturated rings. The highest BCUT2D eigenvalue weighted by molar-refractivity contribution is 9.10. The number of aromatic nitrogens is 3. The third kappa shape index (κ3) is 3.61. The highest BCUT2D eigenvalue weighted by atomic mass is 79.9. The van der Waals surface area contributed by atoms with Gasteiger partial charge in [0.25, 0.3) is 0 Å². The number of hydrogen-bond acceptors (Lipinski definition) is 5. The number of benzene rings is 1. The van der Waals surface area contributed by atoms with Gasteiger partial charge >= 0.3 is 5.69 Å². The highest BCUT2D eigenvalue weighted by Crippen LogP contribution is 2.27. The first-order valence-corrected chi connectivity index (χ1v) is 10.5. The van der Waals surface area contributed by atoms with E-state index in [1.165, 1.54) is 15.2 Å². The molecule has 0 aliphatic heterocycles. The molecule has 3 aromatic rings. The molecule has 0 bridgehead atoms. The van der Waals surface area contributed by atoms with Crippen molar-refractivity contribution in [2.75, 3.05) is 0 Å². The molecule has 0 spiro atoms. The molecule has 0 saturated carbocycles. The number of imidazole rings is 1. The summed E-state index contributed by atoms with van der Waals surface area (Å²) in [5, 5.41) is 3.98. The summed E-state index contributed by atoms with van der Waals surface area (Å²) in [6.45, 7) is 5.96. The summed E-state index contributed by atoms with van der Waals surface area (Å²) < 4.78 is 36.5. The fourth-order valence-corrected chi connectivity index (χ4v) is 4.74. The first kappa shape index (κ1) is 19.8. The van der Waals surface area contributed by atoms with Gasteiger partial charge in [0, 0.05) is 30.0 Å². The minimum atomic E-state index is -3.84. The zero-order valence-corrected chi connectivity index (χ0v) is 18.1. The van der Waals surface area contributed by atoms with Gasteiger partial charge in [0.2, 0.25) is 10.0 Å². The molecular formula is C17H21BrN4O4S. The summed E-state index contributed by atoms with van der Waals surface area (Å²) in [5.74, 6) is 0.424. The Kier molecular flexibility index (Phi) is 4.86. The maximum absolute atomic E-state index is 12.8. The Labute approximate surface area is 165 Å². The van der Waals surface area contributed by atoms with Crippen molar-refractivity contribution in [3.05, 3.63) is 44.6 Å². The molecule has 27 heavy (non-hydrogen) atoms. The number of nitrogens with zero attached hydrogens (tertiary/aromatic N) is 3. The lowest BCUT2D eigenvalue weighted by atomic mass is 9.92. The number of nitrogens with one attached hydrogen (secondary N) is 1. The minimum Gasteiger partial charge on any atom is -0.360 e. The van der Waals surface area contributed by atoms with Gasteiger partial charge < -0.3 is 4.52 Å². The fourth-order valence-electron chi connectivity index (χ4n) is 2.70. The van der Waals surface area contributed by atoms with Gasteiger partial charge in [0.05, 0.1) is 28.2 Å². The summed E-state index contributed by atoms with van der Waals surface area (Å²) in [6, 6.07) is 4.84. The molecule has 0 amide bonds. The normalized spacial score (nSPS) is 12.8. The van der Waals surface area contributed by atoms with Crippen LogP contribution in [0.5, 0.6) is 0 Å². The van der Waals surface area contributed by atoms with Crippen LogP contribution in [0.4, 0.5) is 0 Å². The van der Waals surface area contributed by atoms with Crippen molar-refractivity contribution >= 4 is 37.0 Å². The lowest BCUT2D eigenvalue weighted by molar-refractivity contribution is 0.362. The van der Waals surface area contributed by atoms with Crippen molar-refractivity contribution in [3.63, 3.8) is 0 Å². The van der Waals surface area contributed by atoms with Crippen LogP contribution >= 0.6 is 15.9 Å². The molecule has 146 valence electrons. The Balaban J connectivity index is 1.93. The standard InChI is InChI=1S/C17H21BrN4O4S/c1-17(2,3)15-6-10(26-20-15)9-19-27(24,25)14-8-13-12(7-11(14)18)21(4)16(23)22(13)5/h6-8,19H,9H2,1-5H3. The molecule has 0 aliphatic carbocycles. The van der Waals surface area contributed by atoms with Crippen molar-refractivity contribution in [2.45, 2.75) is 37.6 Å². The summed E-state index contributed by atoms with van der Waals surface area (Å²) in [5.41, 5.74) is 1.50. The zero-order chi connectivity index (χ0) is 20.1. The van der Waals surface area contributed by atoms with Crippen LogP contribution in [-0.2, 0) is 36.1 Å². The smallest absolute Gasteiger partial charge is 0.328 e. The van der Waals surface area contributed by atoms with Crippen molar-refractivity contribution in [1.82, 2.24) is 19.0 Å². The zero-order valence-electron chi connectivity index (χ0n) is 15.7. The number of fused-ring (bicyclic) bond motifs is 1. The third-order valence-corrected chi connectivity index (χ3v) is 6.74. The van der Waals surface area contributed by atoms with Crippen LogP contribution < -0.4 is 10.4 Å². The lowest BCUT2D eigenvalue weighted by Crippen LogP contribution is -2.23. The van der Waals surface area contributed by atoms with E-state index in [1.54, 1.807) is 26.2 Å². The van der Waals surface area contributed by atoms with Crippen LogP contribution in [0.15, 0.2) is 36.9 Å². The molecule has 3 rings (SSSR count). The minimum absolute atomic E-state index is 0.0242. The van der Waals surface area contributed by atoms with Crippen molar-refractivity contribution < 1.29 is 12.9 Å². The molecular weight excluding hydrogens is 436 g/mol. The van der Waals surface area contributed by atoms with Gasteiger partial charge in [0.1, 0.15) is 0 Å². The van der Waals surface area contributed by atoms with Crippen LogP contribution in [0.1, 0.15) is 32.2 Å². The van der Waals surface area contributed by atoms with Gasteiger partial charge in [-0.1, -0.05) is 25.9 Å².